The largest absolute Gasteiger partial charge is 0.497 e. The van der Waals surface area contributed by atoms with Crippen LogP contribution < -0.4 is 4.74 Å². The molecule has 0 aromatic heterocycles. The average Bonchev–Trinajstić information content (AvgIpc) is 2.76. The molecule has 1 aliphatic heterocycles. The van der Waals surface area contributed by atoms with Crippen LogP contribution in [0, 0.1) is 0 Å². The number of carbonyl (C=O) groups is 2. The molecule has 1 saturated heterocycles. The van der Waals surface area contributed by atoms with Gasteiger partial charge in [-0.15, -0.1) is 0 Å². The van der Waals surface area contributed by atoms with Gasteiger partial charge in [0.15, 0.2) is 5.12 Å². The highest BCUT2D eigenvalue weighted by molar-refractivity contribution is 8.14. The van der Waals surface area contributed by atoms with Gasteiger partial charge < -0.3 is 9.64 Å². The number of hydrogen-bond acceptors (Lipinski definition) is 4. The lowest BCUT2D eigenvalue weighted by Gasteiger charge is -2.16. The van der Waals surface area contributed by atoms with Crippen molar-refractivity contribution in [2.75, 3.05) is 20.2 Å². The molecule has 0 radical (unpaired) electrons. The first-order chi connectivity index (χ1) is 9.58. The Bertz CT molecular complexity index is 486. The summed E-state index contributed by atoms with van der Waals surface area (Å²) in [6.45, 7) is 2.94. The fourth-order valence-electron chi connectivity index (χ4n) is 2.32. The van der Waals surface area contributed by atoms with Crippen LogP contribution in [0.4, 0.5) is 0 Å². The van der Waals surface area contributed by atoms with Gasteiger partial charge in [-0.1, -0.05) is 23.9 Å². The predicted molar refractivity (Wildman–Crippen MR) is 80.0 cm³/mol. The van der Waals surface area contributed by atoms with E-state index in [1.54, 1.807) is 14.0 Å². The van der Waals surface area contributed by atoms with Crippen LogP contribution in [0.1, 0.15) is 18.9 Å². The summed E-state index contributed by atoms with van der Waals surface area (Å²) in [4.78, 5) is 24.8. The third-order valence-electron chi connectivity index (χ3n) is 3.34. The van der Waals surface area contributed by atoms with Crippen molar-refractivity contribution in [2.45, 2.75) is 25.0 Å². The zero-order valence-electron chi connectivity index (χ0n) is 11.8. The summed E-state index contributed by atoms with van der Waals surface area (Å²) < 4.78 is 5.12. The molecule has 0 spiro atoms. The first kappa shape index (κ1) is 14.9. The molecule has 2 rings (SSSR count). The molecule has 0 N–H and O–H groups in total. The van der Waals surface area contributed by atoms with Crippen LogP contribution in [0.5, 0.6) is 5.75 Å². The molecule has 0 bridgehead atoms. The van der Waals surface area contributed by atoms with Crippen LogP contribution in [-0.4, -0.2) is 41.4 Å². The smallest absolute Gasteiger partial charge is 0.223 e. The van der Waals surface area contributed by atoms with E-state index in [2.05, 4.69) is 0 Å². The first-order valence-electron chi connectivity index (χ1n) is 6.66. The molecule has 0 saturated carbocycles. The van der Waals surface area contributed by atoms with Gasteiger partial charge >= 0.3 is 0 Å². The number of nitrogens with zero attached hydrogens (tertiary/aromatic N) is 1. The van der Waals surface area contributed by atoms with E-state index in [1.165, 1.54) is 17.3 Å². The lowest BCUT2D eigenvalue weighted by molar-refractivity contribution is -0.127. The molecule has 1 fully saturated rings. The second-order valence-corrected chi connectivity index (χ2v) is 6.35. The van der Waals surface area contributed by atoms with E-state index < -0.39 is 0 Å². The van der Waals surface area contributed by atoms with Crippen LogP contribution >= 0.6 is 11.8 Å². The molecule has 1 aromatic carbocycles. The van der Waals surface area contributed by atoms with Crippen molar-refractivity contribution >= 4 is 22.8 Å². The normalized spacial score (nSPS) is 18.4. The highest BCUT2D eigenvalue weighted by Crippen LogP contribution is 2.24. The molecule has 1 atom stereocenters. The van der Waals surface area contributed by atoms with Crippen molar-refractivity contribution in [1.82, 2.24) is 4.90 Å². The summed E-state index contributed by atoms with van der Waals surface area (Å²) in [7, 11) is 1.64. The number of methoxy groups -OCH3 is 1. The minimum Gasteiger partial charge on any atom is -0.497 e. The molecular formula is C15H19NO3S. The van der Waals surface area contributed by atoms with Gasteiger partial charge in [-0.2, -0.15) is 0 Å². The zero-order chi connectivity index (χ0) is 14.5. The summed E-state index contributed by atoms with van der Waals surface area (Å²) in [6, 6.07) is 7.88. The quantitative estimate of drug-likeness (QED) is 0.834. The Morgan fingerprint density at radius 1 is 1.40 bits per heavy atom. The number of likely N-dealkylation sites (tertiary alicyclic amines) is 1. The number of benzene rings is 1. The fourth-order valence-corrected chi connectivity index (χ4v) is 3.27. The van der Waals surface area contributed by atoms with E-state index in [0.29, 0.717) is 19.5 Å². The summed E-state index contributed by atoms with van der Waals surface area (Å²) in [5.74, 6) is 0.987. The topological polar surface area (TPSA) is 46.6 Å². The molecule has 0 aliphatic carbocycles. The minimum atomic E-state index is 0.0832. The molecule has 5 heteroatoms. The van der Waals surface area contributed by atoms with Crippen molar-refractivity contribution in [3.8, 4) is 5.75 Å². The minimum absolute atomic E-state index is 0.0832. The van der Waals surface area contributed by atoms with Crippen LogP contribution in [0.2, 0.25) is 0 Å². The Hall–Kier alpha value is -1.49. The Labute approximate surface area is 123 Å². The van der Waals surface area contributed by atoms with Gasteiger partial charge in [-0.05, 0) is 24.1 Å². The van der Waals surface area contributed by atoms with Crippen LogP contribution in [-0.2, 0) is 16.0 Å². The molecular weight excluding hydrogens is 274 g/mol. The van der Waals surface area contributed by atoms with Crippen molar-refractivity contribution in [2.24, 2.45) is 0 Å². The Morgan fingerprint density at radius 3 is 2.70 bits per heavy atom. The Morgan fingerprint density at radius 2 is 2.10 bits per heavy atom. The lowest BCUT2D eigenvalue weighted by atomic mass is 10.1. The van der Waals surface area contributed by atoms with Gasteiger partial charge in [-0.3, -0.25) is 9.59 Å². The van der Waals surface area contributed by atoms with Gasteiger partial charge in [0.05, 0.1) is 7.11 Å². The average molecular weight is 293 g/mol. The van der Waals surface area contributed by atoms with Gasteiger partial charge in [0.25, 0.3) is 0 Å². The molecule has 1 unspecified atom stereocenters. The maximum Gasteiger partial charge on any atom is 0.223 e. The molecule has 20 heavy (non-hydrogen) atoms. The van der Waals surface area contributed by atoms with Crippen LogP contribution in [0.15, 0.2) is 24.3 Å². The van der Waals surface area contributed by atoms with Gasteiger partial charge in [0.2, 0.25) is 5.91 Å². The third kappa shape index (κ3) is 4.00. The van der Waals surface area contributed by atoms with E-state index in [4.69, 9.17) is 4.74 Å². The fraction of sp³-hybridized carbons (Fsp3) is 0.467. The Balaban J connectivity index is 1.84. The van der Waals surface area contributed by atoms with E-state index in [-0.39, 0.29) is 16.3 Å². The SMILES string of the molecule is COc1ccc(CCN2CC(SC(C)=O)CC2=O)cc1. The van der Waals surface area contributed by atoms with E-state index in [1.807, 2.05) is 29.2 Å². The number of rotatable bonds is 5. The van der Waals surface area contributed by atoms with Gasteiger partial charge in [-0.25, -0.2) is 0 Å². The van der Waals surface area contributed by atoms with E-state index in [0.717, 1.165) is 12.2 Å². The highest BCUT2D eigenvalue weighted by atomic mass is 32.2. The van der Waals surface area contributed by atoms with Crippen molar-refractivity contribution < 1.29 is 14.3 Å². The number of thioether (sulfide) groups is 1. The first-order valence-corrected chi connectivity index (χ1v) is 7.54. The monoisotopic (exact) mass is 293 g/mol. The molecule has 1 amide bonds. The summed E-state index contributed by atoms with van der Waals surface area (Å²) >= 11 is 1.28. The van der Waals surface area contributed by atoms with E-state index >= 15 is 0 Å². The van der Waals surface area contributed by atoms with E-state index in [9.17, 15) is 9.59 Å². The van der Waals surface area contributed by atoms with Crippen LogP contribution in [0.25, 0.3) is 0 Å². The van der Waals surface area contributed by atoms with Crippen molar-refractivity contribution in [3.05, 3.63) is 29.8 Å². The summed E-state index contributed by atoms with van der Waals surface area (Å²) in [6.07, 6.45) is 1.31. The molecule has 108 valence electrons. The number of ether oxygens (including phenoxy) is 1. The summed E-state index contributed by atoms with van der Waals surface area (Å²) in [5.41, 5.74) is 1.18. The predicted octanol–water partition coefficient (Wildman–Crippen LogP) is 2.12. The molecule has 4 nitrogen and oxygen atoms in total. The van der Waals surface area contributed by atoms with Crippen molar-refractivity contribution in [3.63, 3.8) is 0 Å². The number of amides is 1. The third-order valence-corrected chi connectivity index (χ3v) is 4.32. The second-order valence-electron chi connectivity index (χ2n) is 4.87. The van der Waals surface area contributed by atoms with Crippen molar-refractivity contribution in [1.29, 1.82) is 0 Å². The Kier molecular flexibility index (Phi) is 5.06. The maximum atomic E-state index is 11.9. The zero-order valence-corrected chi connectivity index (χ0v) is 12.6. The van der Waals surface area contributed by atoms with Gasteiger partial charge in [0.1, 0.15) is 5.75 Å². The summed E-state index contributed by atoms with van der Waals surface area (Å²) in [5, 5.41) is 0.204. The second kappa shape index (κ2) is 6.79. The molecule has 1 heterocycles. The molecule has 1 aliphatic rings. The molecule has 1 aromatic rings. The number of hydrogen-bond donors (Lipinski definition) is 0. The number of carbonyl (C=O) groups excluding carboxylic acids is 2. The van der Waals surface area contributed by atoms with Gasteiger partial charge in [0, 0.05) is 31.7 Å². The standard InChI is InChI=1S/C15H19NO3S/c1-11(17)20-14-9-15(18)16(10-14)8-7-12-3-5-13(19-2)6-4-12/h3-6,14H,7-10H2,1-2H3. The highest BCUT2D eigenvalue weighted by Gasteiger charge is 2.30. The lowest BCUT2D eigenvalue weighted by Crippen LogP contribution is -2.27. The van der Waals surface area contributed by atoms with Crippen LogP contribution in [0.3, 0.4) is 0 Å². The maximum absolute atomic E-state index is 11.9.